The summed E-state index contributed by atoms with van der Waals surface area (Å²) < 4.78 is 4.88. The molecule has 0 saturated heterocycles. The van der Waals surface area contributed by atoms with Gasteiger partial charge in [0.05, 0.1) is 12.7 Å². The molecule has 1 aliphatic rings. The number of carbonyl (C=O) groups is 1. The third-order valence-electron chi connectivity index (χ3n) is 3.63. The minimum atomic E-state index is -0.0785. The summed E-state index contributed by atoms with van der Waals surface area (Å²) in [6, 6.07) is 0. The van der Waals surface area contributed by atoms with Crippen LogP contribution in [0.5, 0.6) is 0 Å². The van der Waals surface area contributed by atoms with Crippen LogP contribution in [-0.2, 0) is 9.53 Å². The number of esters is 1. The zero-order chi connectivity index (χ0) is 12.5. The van der Waals surface area contributed by atoms with Crippen LogP contribution in [0.15, 0.2) is 0 Å². The minimum absolute atomic E-state index is 0.0752. The second-order valence-corrected chi connectivity index (χ2v) is 5.02. The summed E-state index contributed by atoms with van der Waals surface area (Å²) in [5.41, 5.74) is 0. The maximum Gasteiger partial charge on any atom is 0.305 e. The van der Waals surface area contributed by atoms with Crippen molar-refractivity contribution in [3.05, 3.63) is 0 Å². The van der Waals surface area contributed by atoms with Crippen molar-refractivity contribution < 1.29 is 14.6 Å². The molecular formula is C14H26O3. The Balaban J connectivity index is 1.98. The van der Waals surface area contributed by atoms with Crippen molar-refractivity contribution in [3.63, 3.8) is 0 Å². The van der Waals surface area contributed by atoms with E-state index in [-0.39, 0.29) is 12.1 Å². The first-order valence-corrected chi connectivity index (χ1v) is 7.07. The monoisotopic (exact) mass is 242 g/mol. The highest BCUT2D eigenvalue weighted by molar-refractivity contribution is 5.69. The molecule has 1 fully saturated rings. The van der Waals surface area contributed by atoms with Crippen molar-refractivity contribution in [2.24, 2.45) is 5.92 Å². The predicted octanol–water partition coefficient (Wildman–Crippen LogP) is 3.05. The van der Waals surface area contributed by atoms with Crippen molar-refractivity contribution in [2.75, 3.05) is 6.61 Å². The lowest BCUT2D eigenvalue weighted by Gasteiger charge is -2.27. The SMILES string of the molecule is CCOC(=O)CCCCCC1CCCCC1O. The Bertz CT molecular complexity index is 216. The summed E-state index contributed by atoms with van der Waals surface area (Å²) in [6.07, 6.45) is 9.31. The Kier molecular flexibility index (Phi) is 7.25. The van der Waals surface area contributed by atoms with Gasteiger partial charge in [0.25, 0.3) is 0 Å². The molecular weight excluding hydrogens is 216 g/mol. The molecule has 0 amide bonds. The van der Waals surface area contributed by atoms with Crippen molar-refractivity contribution >= 4 is 5.97 Å². The van der Waals surface area contributed by atoms with Crippen LogP contribution in [0.3, 0.4) is 0 Å². The van der Waals surface area contributed by atoms with Crippen molar-refractivity contribution in [3.8, 4) is 0 Å². The Morgan fingerprint density at radius 2 is 2.00 bits per heavy atom. The second-order valence-electron chi connectivity index (χ2n) is 5.02. The van der Waals surface area contributed by atoms with Crippen molar-refractivity contribution in [1.82, 2.24) is 0 Å². The second kappa shape index (κ2) is 8.51. The van der Waals surface area contributed by atoms with E-state index in [2.05, 4.69) is 0 Å². The zero-order valence-corrected chi connectivity index (χ0v) is 11.0. The first-order valence-electron chi connectivity index (χ1n) is 7.07. The fraction of sp³-hybridized carbons (Fsp3) is 0.929. The summed E-state index contributed by atoms with van der Waals surface area (Å²) in [7, 11) is 0. The highest BCUT2D eigenvalue weighted by Crippen LogP contribution is 2.28. The molecule has 1 rings (SSSR count). The van der Waals surface area contributed by atoms with Crippen LogP contribution >= 0.6 is 0 Å². The maximum absolute atomic E-state index is 11.1. The van der Waals surface area contributed by atoms with Gasteiger partial charge in [-0.25, -0.2) is 0 Å². The van der Waals surface area contributed by atoms with Gasteiger partial charge in [-0.1, -0.05) is 25.7 Å². The maximum atomic E-state index is 11.1. The summed E-state index contributed by atoms with van der Waals surface area (Å²) in [5, 5.41) is 9.81. The van der Waals surface area contributed by atoms with Crippen molar-refractivity contribution in [2.45, 2.75) is 70.8 Å². The molecule has 0 aromatic rings. The summed E-state index contributed by atoms with van der Waals surface area (Å²) >= 11 is 0. The fourth-order valence-electron chi connectivity index (χ4n) is 2.61. The lowest BCUT2D eigenvalue weighted by atomic mass is 9.83. The molecule has 3 nitrogen and oxygen atoms in total. The molecule has 0 aromatic heterocycles. The number of rotatable bonds is 7. The molecule has 0 aliphatic heterocycles. The van der Waals surface area contributed by atoms with Crippen LogP contribution < -0.4 is 0 Å². The number of aliphatic hydroxyl groups excluding tert-OH is 1. The number of hydrogen-bond donors (Lipinski definition) is 1. The highest BCUT2D eigenvalue weighted by atomic mass is 16.5. The Hall–Kier alpha value is -0.570. The molecule has 2 unspecified atom stereocenters. The van der Waals surface area contributed by atoms with E-state index in [1.807, 2.05) is 6.92 Å². The zero-order valence-electron chi connectivity index (χ0n) is 11.0. The first-order chi connectivity index (χ1) is 8.24. The number of carbonyl (C=O) groups excluding carboxylic acids is 1. The summed E-state index contributed by atoms with van der Waals surface area (Å²) in [4.78, 5) is 11.1. The van der Waals surface area contributed by atoms with E-state index in [0.717, 1.165) is 32.1 Å². The number of hydrogen-bond acceptors (Lipinski definition) is 3. The van der Waals surface area contributed by atoms with Gasteiger partial charge in [0.1, 0.15) is 0 Å². The molecule has 1 saturated carbocycles. The number of ether oxygens (including phenoxy) is 1. The molecule has 2 atom stereocenters. The first kappa shape index (κ1) is 14.5. The smallest absolute Gasteiger partial charge is 0.305 e. The fourth-order valence-corrected chi connectivity index (χ4v) is 2.61. The van der Waals surface area contributed by atoms with Gasteiger partial charge in [-0.15, -0.1) is 0 Å². The van der Waals surface area contributed by atoms with E-state index >= 15 is 0 Å². The highest BCUT2D eigenvalue weighted by Gasteiger charge is 2.22. The predicted molar refractivity (Wildman–Crippen MR) is 67.7 cm³/mol. The van der Waals surface area contributed by atoms with Gasteiger partial charge in [0.2, 0.25) is 0 Å². The van der Waals surface area contributed by atoms with E-state index in [9.17, 15) is 9.90 Å². The lowest BCUT2D eigenvalue weighted by Crippen LogP contribution is -2.24. The molecule has 0 heterocycles. The third-order valence-corrected chi connectivity index (χ3v) is 3.63. The number of unbranched alkanes of at least 4 members (excludes halogenated alkanes) is 2. The van der Waals surface area contributed by atoms with E-state index in [1.165, 1.54) is 19.3 Å². The normalized spacial score (nSPS) is 24.6. The van der Waals surface area contributed by atoms with Crippen LogP contribution in [-0.4, -0.2) is 23.8 Å². The van der Waals surface area contributed by atoms with E-state index in [0.29, 0.717) is 18.9 Å². The number of aliphatic hydroxyl groups is 1. The van der Waals surface area contributed by atoms with E-state index in [4.69, 9.17) is 4.74 Å². The van der Waals surface area contributed by atoms with Crippen molar-refractivity contribution in [1.29, 1.82) is 0 Å². The molecule has 100 valence electrons. The quantitative estimate of drug-likeness (QED) is 0.551. The topological polar surface area (TPSA) is 46.5 Å². The van der Waals surface area contributed by atoms with Gasteiger partial charge in [-0.2, -0.15) is 0 Å². The van der Waals surface area contributed by atoms with Crippen LogP contribution in [0.1, 0.15) is 64.7 Å². The van der Waals surface area contributed by atoms with Gasteiger partial charge in [-0.05, 0) is 38.5 Å². The van der Waals surface area contributed by atoms with E-state index < -0.39 is 0 Å². The van der Waals surface area contributed by atoms with Gasteiger partial charge >= 0.3 is 5.97 Å². The molecule has 0 spiro atoms. The van der Waals surface area contributed by atoms with Gasteiger partial charge in [0.15, 0.2) is 0 Å². The molecule has 0 aromatic carbocycles. The molecule has 1 N–H and O–H groups in total. The summed E-state index contributed by atoms with van der Waals surface area (Å²) in [5.74, 6) is 0.427. The molecule has 0 radical (unpaired) electrons. The van der Waals surface area contributed by atoms with Crippen LogP contribution in [0, 0.1) is 5.92 Å². The average molecular weight is 242 g/mol. The van der Waals surface area contributed by atoms with Crippen LogP contribution in [0.2, 0.25) is 0 Å². The average Bonchev–Trinajstić information content (AvgIpc) is 2.31. The lowest BCUT2D eigenvalue weighted by molar-refractivity contribution is -0.143. The Morgan fingerprint density at radius 1 is 1.24 bits per heavy atom. The van der Waals surface area contributed by atoms with Crippen LogP contribution in [0.4, 0.5) is 0 Å². The van der Waals surface area contributed by atoms with Gasteiger partial charge in [0, 0.05) is 6.42 Å². The largest absolute Gasteiger partial charge is 0.466 e. The van der Waals surface area contributed by atoms with Gasteiger partial charge < -0.3 is 9.84 Å². The Morgan fingerprint density at radius 3 is 2.71 bits per heavy atom. The molecule has 0 bridgehead atoms. The Labute approximate surface area is 105 Å². The molecule has 1 aliphatic carbocycles. The standard InChI is InChI=1S/C14H26O3/c1-2-17-14(16)11-5-3-4-8-12-9-6-7-10-13(12)15/h12-13,15H,2-11H2,1H3. The minimum Gasteiger partial charge on any atom is -0.466 e. The third kappa shape index (κ3) is 6.06. The van der Waals surface area contributed by atoms with Crippen LogP contribution in [0.25, 0.3) is 0 Å². The van der Waals surface area contributed by atoms with Gasteiger partial charge in [-0.3, -0.25) is 4.79 Å². The summed E-state index contributed by atoms with van der Waals surface area (Å²) in [6.45, 7) is 2.31. The molecule has 3 heteroatoms. The molecule has 17 heavy (non-hydrogen) atoms. The van der Waals surface area contributed by atoms with E-state index in [1.54, 1.807) is 0 Å².